The van der Waals surface area contributed by atoms with Gasteiger partial charge in [-0.3, -0.25) is 0 Å². The van der Waals surface area contributed by atoms with Gasteiger partial charge in [0.05, 0.1) is 0 Å². The molecule has 18 heavy (non-hydrogen) atoms. The second-order valence-electron chi connectivity index (χ2n) is 3.80. The number of nitrogens with zero attached hydrogens (tertiary/aromatic N) is 1. The minimum absolute atomic E-state index is 0.0860. The van der Waals surface area contributed by atoms with Crippen molar-refractivity contribution in [2.24, 2.45) is 0 Å². The molecule has 0 radical (unpaired) electrons. The minimum atomic E-state index is -4.42. The van der Waals surface area contributed by atoms with E-state index in [-0.39, 0.29) is 12.3 Å². The number of urea groups is 1. The van der Waals surface area contributed by atoms with Crippen LogP contribution < -0.4 is 5.32 Å². The Morgan fingerprint density at radius 2 is 1.89 bits per heavy atom. The van der Waals surface area contributed by atoms with Crippen molar-refractivity contribution in [3.8, 4) is 5.75 Å². The van der Waals surface area contributed by atoms with Crippen LogP contribution in [0.2, 0.25) is 0 Å². The Morgan fingerprint density at radius 3 is 2.39 bits per heavy atom. The van der Waals surface area contributed by atoms with Crippen molar-refractivity contribution in [1.29, 1.82) is 0 Å². The molecule has 100 valence electrons. The van der Waals surface area contributed by atoms with E-state index in [1.807, 2.05) is 0 Å². The highest BCUT2D eigenvalue weighted by Crippen LogP contribution is 2.13. The first-order valence-corrected chi connectivity index (χ1v) is 5.11. The van der Waals surface area contributed by atoms with Gasteiger partial charge in [-0.05, 0) is 17.7 Å². The first-order chi connectivity index (χ1) is 8.28. The van der Waals surface area contributed by atoms with Gasteiger partial charge in [0.15, 0.2) is 0 Å². The van der Waals surface area contributed by atoms with E-state index in [1.54, 1.807) is 17.4 Å². The van der Waals surface area contributed by atoms with Gasteiger partial charge in [0.25, 0.3) is 0 Å². The van der Waals surface area contributed by atoms with E-state index in [0.717, 1.165) is 4.90 Å². The smallest absolute Gasteiger partial charge is 0.405 e. The summed E-state index contributed by atoms with van der Waals surface area (Å²) < 4.78 is 35.7. The van der Waals surface area contributed by atoms with Crippen LogP contribution in [0.15, 0.2) is 24.3 Å². The lowest BCUT2D eigenvalue weighted by molar-refractivity contribution is -0.123. The number of hydrogen-bond acceptors (Lipinski definition) is 2. The Balaban J connectivity index is 2.47. The van der Waals surface area contributed by atoms with Gasteiger partial charge in [-0.15, -0.1) is 0 Å². The van der Waals surface area contributed by atoms with Crippen molar-refractivity contribution in [2.45, 2.75) is 12.7 Å². The van der Waals surface area contributed by atoms with E-state index >= 15 is 0 Å². The molecule has 0 aliphatic heterocycles. The molecule has 2 N–H and O–H groups in total. The number of benzene rings is 1. The molecule has 0 spiro atoms. The fraction of sp³-hybridized carbons (Fsp3) is 0.364. The molecule has 1 rings (SSSR count). The second kappa shape index (κ2) is 5.61. The Hall–Kier alpha value is -1.92. The molecule has 0 atom stereocenters. The summed E-state index contributed by atoms with van der Waals surface area (Å²) in [7, 11) is 1.39. The Labute approximate surface area is 102 Å². The summed E-state index contributed by atoms with van der Waals surface area (Å²) >= 11 is 0. The average molecular weight is 262 g/mol. The molecule has 7 heteroatoms. The number of aromatic hydroxyl groups is 1. The summed E-state index contributed by atoms with van der Waals surface area (Å²) in [5.74, 6) is 0.0860. The number of alkyl halides is 3. The maximum atomic E-state index is 11.9. The van der Waals surface area contributed by atoms with E-state index in [1.165, 1.54) is 19.2 Å². The molecule has 0 heterocycles. The van der Waals surface area contributed by atoms with Gasteiger partial charge >= 0.3 is 12.2 Å². The van der Waals surface area contributed by atoms with Crippen LogP contribution in [0, 0.1) is 0 Å². The summed E-state index contributed by atoms with van der Waals surface area (Å²) in [6.45, 7) is -1.20. The molecule has 1 aromatic carbocycles. The van der Waals surface area contributed by atoms with Crippen molar-refractivity contribution in [1.82, 2.24) is 10.2 Å². The first-order valence-electron chi connectivity index (χ1n) is 5.11. The van der Waals surface area contributed by atoms with Gasteiger partial charge < -0.3 is 15.3 Å². The number of halogens is 3. The lowest BCUT2D eigenvalue weighted by Gasteiger charge is -2.18. The van der Waals surface area contributed by atoms with Gasteiger partial charge in [0.2, 0.25) is 0 Å². The van der Waals surface area contributed by atoms with Crippen molar-refractivity contribution >= 4 is 6.03 Å². The van der Waals surface area contributed by atoms with Gasteiger partial charge in [0, 0.05) is 13.6 Å². The standard InChI is InChI=1S/C11H13F3N2O2/c1-16(10(18)15-7-11(12,13)14)6-8-2-4-9(17)5-3-8/h2-5,17H,6-7H2,1H3,(H,15,18). The zero-order valence-corrected chi connectivity index (χ0v) is 9.66. The average Bonchev–Trinajstić information content (AvgIpc) is 2.28. The van der Waals surface area contributed by atoms with Gasteiger partial charge in [-0.2, -0.15) is 13.2 Å². The van der Waals surface area contributed by atoms with Crippen LogP contribution >= 0.6 is 0 Å². The summed E-state index contributed by atoms with van der Waals surface area (Å²) in [6, 6.07) is 5.25. The topological polar surface area (TPSA) is 52.6 Å². The third kappa shape index (κ3) is 4.94. The number of phenols is 1. The Kier molecular flexibility index (Phi) is 4.41. The van der Waals surface area contributed by atoms with Crippen LogP contribution in [0.1, 0.15) is 5.56 Å². The maximum absolute atomic E-state index is 11.9. The molecule has 0 saturated heterocycles. The predicted octanol–water partition coefficient (Wildman–Crippen LogP) is 2.10. The fourth-order valence-electron chi connectivity index (χ4n) is 1.26. The SMILES string of the molecule is CN(Cc1ccc(O)cc1)C(=O)NCC(F)(F)F. The number of hydrogen-bond donors (Lipinski definition) is 2. The van der Waals surface area contributed by atoms with E-state index in [4.69, 9.17) is 5.11 Å². The Bertz CT molecular complexity index is 404. The molecular weight excluding hydrogens is 249 g/mol. The lowest BCUT2D eigenvalue weighted by Crippen LogP contribution is -2.41. The monoisotopic (exact) mass is 262 g/mol. The van der Waals surface area contributed by atoms with Crippen LogP contribution in [0.25, 0.3) is 0 Å². The highest BCUT2D eigenvalue weighted by Gasteiger charge is 2.28. The number of carbonyl (C=O) groups excluding carboxylic acids is 1. The predicted molar refractivity (Wildman–Crippen MR) is 59.0 cm³/mol. The molecule has 0 saturated carbocycles. The van der Waals surface area contributed by atoms with Crippen LogP contribution in [0.5, 0.6) is 5.75 Å². The Morgan fingerprint density at radius 1 is 1.33 bits per heavy atom. The molecule has 0 bridgehead atoms. The number of phenolic OH excluding ortho intramolecular Hbond substituents is 1. The molecule has 0 fully saturated rings. The highest BCUT2D eigenvalue weighted by molar-refractivity contribution is 5.73. The summed E-state index contributed by atoms with van der Waals surface area (Å²) in [4.78, 5) is 12.4. The lowest BCUT2D eigenvalue weighted by atomic mass is 10.2. The maximum Gasteiger partial charge on any atom is 0.405 e. The van der Waals surface area contributed by atoms with Crippen LogP contribution in [0.4, 0.5) is 18.0 Å². The van der Waals surface area contributed by atoms with Crippen molar-refractivity contribution < 1.29 is 23.1 Å². The number of amides is 2. The van der Waals surface area contributed by atoms with Gasteiger partial charge in [-0.1, -0.05) is 12.1 Å². The zero-order valence-electron chi connectivity index (χ0n) is 9.66. The summed E-state index contributed by atoms with van der Waals surface area (Å²) in [6.07, 6.45) is -4.42. The molecule has 0 aromatic heterocycles. The van der Waals surface area contributed by atoms with E-state index in [2.05, 4.69) is 0 Å². The highest BCUT2D eigenvalue weighted by atomic mass is 19.4. The molecule has 0 aliphatic rings. The molecule has 0 unspecified atom stereocenters. The van der Waals surface area contributed by atoms with Crippen molar-refractivity contribution in [3.05, 3.63) is 29.8 Å². The molecular formula is C11H13F3N2O2. The van der Waals surface area contributed by atoms with Crippen LogP contribution in [-0.2, 0) is 6.54 Å². The third-order valence-corrected chi connectivity index (χ3v) is 2.14. The van der Waals surface area contributed by atoms with Crippen molar-refractivity contribution in [3.63, 3.8) is 0 Å². The number of nitrogens with one attached hydrogen (secondary N) is 1. The van der Waals surface area contributed by atoms with Gasteiger partial charge in [0.1, 0.15) is 12.3 Å². The molecule has 1 aromatic rings. The normalized spacial score (nSPS) is 11.1. The quantitative estimate of drug-likeness (QED) is 0.876. The first kappa shape index (κ1) is 14.1. The largest absolute Gasteiger partial charge is 0.508 e. The van der Waals surface area contributed by atoms with Crippen LogP contribution in [0.3, 0.4) is 0 Å². The van der Waals surface area contributed by atoms with Crippen molar-refractivity contribution in [2.75, 3.05) is 13.6 Å². The fourth-order valence-corrected chi connectivity index (χ4v) is 1.26. The summed E-state index contributed by atoms with van der Waals surface area (Å²) in [5, 5.41) is 10.8. The number of carbonyl (C=O) groups is 1. The molecule has 4 nitrogen and oxygen atoms in total. The van der Waals surface area contributed by atoms with E-state index in [0.29, 0.717) is 5.56 Å². The van der Waals surface area contributed by atoms with Gasteiger partial charge in [-0.25, -0.2) is 4.79 Å². The second-order valence-corrected chi connectivity index (χ2v) is 3.80. The van der Waals surface area contributed by atoms with E-state index < -0.39 is 18.8 Å². The molecule has 2 amide bonds. The minimum Gasteiger partial charge on any atom is -0.508 e. The number of rotatable bonds is 3. The zero-order chi connectivity index (χ0) is 13.8. The third-order valence-electron chi connectivity index (χ3n) is 2.14. The van der Waals surface area contributed by atoms with Crippen LogP contribution in [-0.4, -0.2) is 35.8 Å². The summed E-state index contributed by atoms with van der Waals surface area (Å²) in [5.41, 5.74) is 0.706. The molecule has 0 aliphatic carbocycles. The van der Waals surface area contributed by atoms with E-state index in [9.17, 15) is 18.0 Å².